The minimum absolute atomic E-state index is 1.20. The van der Waals surface area contributed by atoms with Crippen molar-refractivity contribution in [3.63, 3.8) is 0 Å². The van der Waals surface area contributed by atoms with Gasteiger partial charge in [0.25, 0.3) is 0 Å². The fourth-order valence-electron chi connectivity index (χ4n) is 1.06. The van der Waals surface area contributed by atoms with Crippen LogP contribution in [0.5, 0.6) is 0 Å². The Balaban J connectivity index is 0.000000180. The molecular formula is C6H13Br3Sn. The van der Waals surface area contributed by atoms with Crippen LogP contribution in [0.25, 0.3) is 0 Å². The Morgan fingerprint density at radius 3 is 0.800 bits per heavy atom. The second-order valence-corrected chi connectivity index (χ2v) is 46.9. The molecule has 4 heteroatoms. The van der Waals surface area contributed by atoms with Gasteiger partial charge in [0.2, 0.25) is 0 Å². The number of rotatable bonds is 0. The van der Waals surface area contributed by atoms with E-state index in [1.807, 2.05) is 0 Å². The summed E-state index contributed by atoms with van der Waals surface area (Å²) in [4.78, 5) is 0. The molecule has 0 heterocycles. The molecule has 0 spiro atoms. The fraction of sp³-hybridized carbons (Fsp3) is 1.00. The summed E-state index contributed by atoms with van der Waals surface area (Å²) in [6.45, 7) is 0. The van der Waals surface area contributed by atoms with Crippen molar-refractivity contribution in [2.45, 2.75) is 38.5 Å². The van der Waals surface area contributed by atoms with Crippen LogP contribution in [0.2, 0.25) is 0 Å². The molecule has 0 bridgehead atoms. The Labute approximate surface area is 88.5 Å². The van der Waals surface area contributed by atoms with Crippen LogP contribution in [0.3, 0.4) is 0 Å². The molecule has 0 aromatic heterocycles. The third kappa shape index (κ3) is 12.9. The van der Waals surface area contributed by atoms with E-state index in [2.05, 4.69) is 38.1 Å². The molecule has 1 fully saturated rings. The van der Waals surface area contributed by atoms with Crippen molar-refractivity contribution in [2.24, 2.45) is 0 Å². The van der Waals surface area contributed by atoms with Gasteiger partial charge in [-0.3, -0.25) is 0 Å². The Morgan fingerprint density at radius 1 is 0.600 bits per heavy atom. The van der Waals surface area contributed by atoms with E-state index in [1.165, 1.54) is 38.5 Å². The molecule has 1 saturated carbocycles. The Kier molecular flexibility index (Phi) is 11.4. The van der Waals surface area contributed by atoms with E-state index in [-0.39, 0.29) is 0 Å². The molecule has 62 valence electrons. The predicted octanol–water partition coefficient (Wildman–Crippen LogP) is 4.23. The molecular weight excluding hydrogens is 430 g/mol. The standard InChI is InChI=1S/C6H12.3BrH.Sn.H/c1-2-4-6-5-3-1;;;;;/h1-6H2;3*1H;;/q;;;;+3;/p-3. The van der Waals surface area contributed by atoms with Gasteiger partial charge >= 0.3 is 51.2 Å². The van der Waals surface area contributed by atoms with Crippen molar-refractivity contribution < 1.29 is 0 Å². The molecule has 10 heavy (non-hydrogen) atoms. The third-order valence-corrected chi connectivity index (χ3v) is 1.50. The summed E-state index contributed by atoms with van der Waals surface area (Å²) in [5.41, 5.74) is 0. The topological polar surface area (TPSA) is 0 Å². The molecule has 0 unspecified atom stereocenters. The first-order chi connectivity index (χ1) is 4.73. The van der Waals surface area contributed by atoms with Gasteiger partial charge in [0.15, 0.2) is 0 Å². The van der Waals surface area contributed by atoms with Crippen LogP contribution in [0, 0.1) is 0 Å². The molecule has 1 aliphatic rings. The maximum absolute atomic E-state index is 3.31. The maximum atomic E-state index is 3.31. The van der Waals surface area contributed by atoms with Crippen LogP contribution in [-0.2, 0) is 0 Å². The van der Waals surface area contributed by atoms with Crippen LogP contribution >= 0.6 is 38.1 Å². The van der Waals surface area contributed by atoms with E-state index < -0.39 is 13.1 Å². The summed E-state index contributed by atoms with van der Waals surface area (Å²) in [5, 5.41) is 0. The number of hydrogen-bond acceptors (Lipinski definition) is 0. The van der Waals surface area contributed by atoms with E-state index >= 15 is 0 Å². The van der Waals surface area contributed by atoms with Gasteiger partial charge < -0.3 is 0 Å². The molecule has 1 aliphatic carbocycles. The normalized spacial score (nSPS) is 18.0. The van der Waals surface area contributed by atoms with Gasteiger partial charge in [-0.1, -0.05) is 38.5 Å². The van der Waals surface area contributed by atoms with Gasteiger partial charge in [-0.15, -0.1) is 0 Å². The zero-order valence-electron chi connectivity index (χ0n) is 5.95. The zero-order chi connectivity index (χ0) is 7.82. The average molecular weight is 444 g/mol. The number of hydrogen-bond donors (Lipinski definition) is 0. The van der Waals surface area contributed by atoms with Gasteiger partial charge in [0.05, 0.1) is 0 Å². The second kappa shape index (κ2) is 9.33. The van der Waals surface area contributed by atoms with Crippen molar-refractivity contribution in [3.05, 3.63) is 0 Å². The van der Waals surface area contributed by atoms with E-state index in [0.29, 0.717) is 0 Å². The predicted molar refractivity (Wildman–Crippen MR) is 61.6 cm³/mol. The summed E-state index contributed by atoms with van der Waals surface area (Å²) < 4.78 is 0. The monoisotopic (exact) mass is 442 g/mol. The van der Waals surface area contributed by atoms with Crippen molar-refractivity contribution >= 4 is 51.2 Å². The van der Waals surface area contributed by atoms with Crippen LogP contribution in [-0.4, -0.2) is 13.1 Å². The third-order valence-electron chi connectivity index (χ3n) is 1.50. The van der Waals surface area contributed by atoms with Gasteiger partial charge in [0.1, 0.15) is 0 Å². The van der Waals surface area contributed by atoms with Gasteiger partial charge in [-0.05, 0) is 0 Å². The number of halogens is 3. The Morgan fingerprint density at radius 2 is 0.700 bits per heavy atom. The van der Waals surface area contributed by atoms with Crippen LogP contribution in [0.4, 0.5) is 0 Å². The van der Waals surface area contributed by atoms with Crippen molar-refractivity contribution in [3.8, 4) is 0 Å². The van der Waals surface area contributed by atoms with Crippen molar-refractivity contribution in [2.75, 3.05) is 0 Å². The van der Waals surface area contributed by atoms with Crippen molar-refractivity contribution in [1.29, 1.82) is 0 Å². The Bertz CT molecular complexity index is 49.7. The van der Waals surface area contributed by atoms with E-state index in [4.69, 9.17) is 0 Å². The molecule has 0 aromatic carbocycles. The van der Waals surface area contributed by atoms with Gasteiger partial charge in [-0.2, -0.15) is 0 Å². The summed E-state index contributed by atoms with van der Waals surface area (Å²) in [6, 6.07) is 0. The zero-order valence-corrected chi connectivity index (χ0v) is 14.0. The van der Waals surface area contributed by atoms with Crippen molar-refractivity contribution in [1.82, 2.24) is 0 Å². The van der Waals surface area contributed by atoms with E-state index in [0.717, 1.165) is 0 Å². The van der Waals surface area contributed by atoms with E-state index in [9.17, 15) is 0 Å². The first kappa shape index (κ1) is 12.2. The molecule has 0 N–H and O–H groups in total. The average Bonchev–Trinajstić information content (AvgIpc) is 1.90. The summed E-state index contributed by atoms with van der Waals surface area (Å²) in [5.74, 6) is 0. The van der Waals surface area contributed by atoms with Crippen LogP contribution in [0.1, 0.15) is 38.5 Å². The second-order valence-electron chi connectivity index (χ2n) is 2.37. The minimum atomic E-state index is -1.20. The fourth-order valence-corrected chi connectivity index (χ4v) is 1.06. The Hall–Kier alpha value is 2.24. The molecule has 0 aliphatic heterocycles. The first-order valence-corrected chi connectivity index (χ1v) is 25.8. The first-order valence-electron chi connectivity index (χ1n) is 3.65. The van der Waals surface area contributed by atoms with Gasteiger partial charge in [-0.25, -0.2) is 0 Å². The molecule has 0 aromatic rings. The summed E-state index contributed by atoms with van der Waals surface area (Å²) >= 11 is 8.74. The molecule has 0 saturated heterocycles. The van der Waals surface area contributed by atoms with Crippen LogP contribution in [0.15, 0.2) is 0 Å². The quantitative estimate of drug-likeness (QED) is 0.492. The van der Waals surface area contributed by atoms with Gasteiger partial charge in [0, 0.05) is 0 Å². The molecule has 0 amide bonds. The summed E-state index contributed by atoms with van der Waals surface area (Å²) in [7, 11) is 0. The molecule has 1 rings (SSSR count). The molecule has 0 nitrogen and oxygen atoms in total. The SMILES string of the molecule is C1CCCCC1.[Br][SnH]([Br])[Br]. The molecule has 0 radical (unpaired) electrons. The molecule has 0 atom stereocenters. The van der Waals surface area contributed by atoms with E-state index in [1.54, 1.807) is 0 Å². The van der Waals surface area contributed by atoms with Crippen LogP contribution < -0.4 is 0 Å². The summed E-state index contributed by atoms with van der Waals surface area (Å²) in [6.07, 6.45) is 9.00.